The molecule has 0 atom stereocenters. The van der Waals surface area contributed by atoms with Crippen LogP contribution < -0.4 is 14.9 Å². The Hall–Kier alpha value is -4.45. The summed E-state index contributed by atoms with van der Waals surface area (Å²) in [4.78, 5) is 24.7. The lowest BCUT2D eigenvalue weighted by Gasteiger charge is -2.07. The predicted molar refractivity (Wildman–Crippen MR) is 123 cm³/mol. The van der Waals surface area contributed by atoms with Gasteiger partial charge in [0.25, 0.3) is 5.91 Å². The van der Waals surface area contributed by atoms with Crippen LogP contribution in [0.1, 0.15) is 26.3 Å². The Kier molecular flexibility index (Phi) is 6.22. The zero-order valence-electron chi connectivity index (χ0n) is 17.3. The second kappa shape index (κ2) is 9.57. The van der Waals surface area contributed by atoms with Crippen LogP contribution in [-0.4, -0.2) is 25.2 Å². The average Bonchev–Trinajstić information content (AvgIpc) is 2.84. The first-order valence-corrected chi connectivity index (χ1v) is 9.91. The van der Waals surface area contributed by atoms with Crippen molar-refractivity contribution in [1.82, 2.24) is 5.43 Å². The van der Waals surface area contributed by atoms with Crippen LogP contribution in [-0.2, 0) is 0 Å². The number of hydrogen-bond acceptors (Lipinski definition) is 5. The summed E-state index contributed by atoms with van der Waals surface area (Å²) in [5, 5.41) is 5.79. The molecule has 0 spiro atoms. The predicted octanol–water partition coefficient (Wildman–Crippen LogP) is 4.83. The highest BCUT2D eigenvalue weighted by molar-refractivity contribution is 6.05. The third-order valence-electron chi connectivity index (χ3n) is 4.83. The first-order valence-electron chi connectivity index (χ1n) is 9.91. The van der Waals surface area contributed by atoms with Gasteiger partial charge in [0.2, 0.25) is 0 Å². The van der Waals surface area contributed by atoms with Gasteiger partial charge in [-0.25, -0.2) is 10.2 Å². The summed E-state index contributed by atoms with van der Waals surface area (Å²) in [5.41, 5.74) is 4.20. The summed E-state index contributed by atoms with van der Waals surface area (Å²) in [6.45, 7) is 0. The van der Waals surface area contributed by atoms with Gasteiger partial charge in [-0.1, -0.05) is 36.4 Å². The van der Waals surface area contributed by atoms with Crippen molar-refractivity contribution in [3.8, 4) is 11.5 Å². The van der Waals surface area contributed by atoms with Crippen molar-refractivity contribution >= 4 is 28.9 Å². The molecule has 0 aliphatic carbocycles. The second-order valence-corrected chi connectivity index (χ2v) is 6.91. The molecule has 4 rings (SSSR count). The fourth-order valence-electron chi connectivity index (χ4n) is 3.16. The van der Waals surface area contributed by atoms with Gasteiger partial charge in [0, 0.05) is 5.56 Å². The Balaban J connectivity index is 1.37. The number of ether oxygens (including phenoxy) is 2. The van der Waals surface area contributed by atoms with Gasteiger partial charge in [0.1, 0.15) is 11.5 Å². The van der Waals surface area contributed by atoms with E-state index in [2.05, 4.69) is 10.5 Å². The van der Waals surface area contributed by atoms with Crippen LogP contribution in [0.15, 0.2) is 96.1 Å². The Labute approximate surface area is 185 Å². The fourth-order valence-corrected chi connectivity index (χ4v) is 3.16. The van der Waals surface area contributed by atoms with Crippen molar-refractivity contribution in [3.63, 3.8) is 0 Å². The van der Waals surface area contributed by atoms with Gasteiger partial charge in [-0.3, -0.25) is 4.79 Å². The molecule has 4 aromatic rings. The minimum atomic E-state index is -0.421. The molecule has 1 amide bonds. The van der Waals surface area contributed by atoms with Crippen molar-refractivity contribution < 1.29 is 19.1 Å². The Morgan fingerprint density at radius 2 is 1.50 bits per heavy atom. The van der Waals surface area contributed by atoms with Crippen molar-refractivity contribution in [2.75, 3.05) is 7.11 Å². The molecule has 0 saturated heterocycles. The summed E-state index contributed by atoms with van der Waals surface area (Å²) in [7, 11) is 1.56. The van der Waals surface area contributed by atoms with Crippen molar-refractivity contribution in [2.45, 2.75) is 0 Å². The first kappa shape index (κ1) is 20.8. The highest BCUT2D eigenvalue weighted by Gasteiger charge is 2.12. The van der Waals surface area contributed by atoms with Crippen LogP contribution in [0, 0.1) is 0 Å². The molecule has 4 aromatic carbocycles. The molecule has 1 N–H and O–H groups in total. The van der Waals surface area contributed by atoms with Gasteiger partial charge in [-0.15, -0.1) is 0 Å². The van der Waals surface area contributed by atoms with E-state index in [-0.39, 0.29) is 5.91 Å². The molecule has 32 heavy (non-hydrogen) atoms. The number of benzene rings is 4. The van der Waals surface area contributed by atoms with E-state index in [9.17, 15) is 9.59 Å². The monoisotopic (exact) mass is 424 g/mol. The minimum absolute atomic E-state index is 0.329. The maximum absolute atomic E-state index is 12.6. The SMILES string of the molecule is COc1ccc(C(=O)N/N=C/c2ccc(OC(=O)c3cccc4ccccc34)cc2)cc1. The van der Waals surface area contributed by atoms with Crippen molar-refractivity contribution in [3.05, 3.63) is 108 Å². The summed E-state index contributed by atoms with van der Waals surface area (Å²) in [6.07, 6.45) is 1.51. The number of carbonyl (C=O) groups excluding carboxylic acids is 2. The van der Waals surface area contributed by atoms with Crippen LogP contribution in [0.25, 0.3) is 10.8 Å². The normalized spacial score (nSPS) is 10.8. The van der Waals surface area contributed by atoms with Crippen molar-refractivity contribution in [1.29, 1.82) is 0 Å². The zero-order valence-corrected chi connectivity index (χ0v) is 17.3. The molecular weight excluding hydrogens is 404 g/mol. The van der Waals surface area contributed by atoms with E-state index in [0.717, 1.165) is 16.3 Å². The molecule has 0 unspecified atom stereocenters. The lowest BCUT2D eigenvalue weighted by Crippen LogP contribution is -2.17. The summed E-state index contributed by atoms with van der Waals surface area (Å²) >= 11 is 0. The van der Waals surface area contributed by atoms with E-state index in [0.29, 0.717) is 22.6 Å². The number of hydrogen-bond donors (Lipinski definition) is 1. The smallest absolute Gasteiger partial charge is 0.344 e. The molecular formula is C26H20N2O4. The lowest BCUT2D eigenvalue weighted by molar-refractivity contribution is 0.0736. The number of carbonyl (C=O) groups is 2. The average molecular weight is 424 g/mol. The highest BCUT2D eigenvalue weighted by atomic mass is 16.5. The third kappa shape index (κ3) is 4.82. The number of rotatable bonds is 6. The van der Waals surface area contributed by atoms with Crippen LogP contribution in [0.2, 0.25) is 0 Å². The number of methoxy groups -OCH3 is 1. The fraction of sp³-hybridized carbons (Fsp3) is 0.0385. The van der Waals surface area contributed by atoms with Crippen LogP contribution in [0.4, 0.5) is 0 Å². The summed E-state index contributed by atoms with van der Waals surface area (Å²) in [6, 6.07) is 26.8. The standard InChI is InChI=1S/C26H20N2O4/c1-31-21-15-11-20(12-16-21)25(29)28-27-17-18-9-13-22(14-10-18)32-26(30)24-8-4-6-19-5-2-3-7-23(19)24/h2-17H,1H3,(H,28,29)/b27-17+. The Bertz CT molecular complexity index is 1270. The zero-order chi connectivity index (χ0) is 22.3. The van der Waals surface area contributed by atoms with Crippen LogP contribution in [0.3, 0.4) is 0 Å². The molecule has 158 valence electrons. The highest BCUT2D eigenvalue weighted by Crippen LogP contribution is 2.21. The van der Waals surface area contributed by atoms with Gasteiger partial charge in [0.05, 0.1) is 18.9 Å². The van der Waals surface area contributed by atoms with Gasteiger partial charge in [0.15, 0.2) is 0 Å². The summed E-state index contributed by atoms with van der Waals surface area (Å²) in [5.74, 6) is 0.341. The molecule has 6 nitrogen and oxygen atoms in total. The van der Waals surface area contributed by atoms with Crippen LogP contribution >= 0.6 is 0 Å². The van der Waals surface area contributed by atoms with Gasteiger partial charge in [-0.05, 0) is 70.9 Å². The number of hydrazone groups is 1. The van der Waals surface area contributed by atoms with E-state index in [1.165, 1.54) is 6.21 Å². The van der Waals surface area contributed by atoms with E-state index in [4.69, 9.17) is 9.47 Å². The number of nitrogens with zero attached hydrogens (tertiary/aromatic N) is 1. The number of nitrogens with one attached hydrogen (secondary N) is 1. The quantitative estimate of drug-likeness (QED) is 0.208. The van der Waals surface area contributed by atoms with Gasteiger partial charge >= 0.3 is 5.97 Å². The van der Waals surface area contributed by atoms with E-state index in [1.807, 2.05) is 36.4 Å². The molecule has 0 fully saturated rings. The third-order valence-corrected chi connectivity index (χ3v) is 4.83. The van der Waals surface area contributed by atoms with E-state index < -0.39 is 5.97 Å². The van der Waals surface area contributed by atoms with Crippen molar-refractivity contribution in [2.24, 2.45) is 5.10 Å². The summed E-state index contributed by atoms with van der Waals surface area (Å²) < 4.78 is 10.6. The number of amides is 1. The van der Waals surface area contributed by atoms with Gasteiger partial charge in [-0.2, -0.15) is 5.10 Å². The molecule has 0 saturated carbocycles. The molecule has 0 radical (unpaired) electrons. The molecule has 6 heteroatoms. The Morgan fingerprint density at radius 3 is 2.25 bits per heavy atom. The molecule has 0 heterocycles. The number of fused-ring (bicyclic) bond motifs is 1. The maximum atomic E-state index is 12.6. The maximum Gasteiger partial charge on any atom is 0.344 e. The topological polar surface area (TPSA) is 77.0 Å². The molecule has 0 aromatic heterocycles. The minimum Gasteiger partial charge on any atom is -0.497 e. The molecule has 0 aliphatic rings. The largest absolute Gasteiger partial charge is 0.497 e. The Morgan fingerprint density at radius 1 is 0.812 bits per heavy atom. The molecule has 0 aliphatic heterocycles. The number of esters is 1. The van der Waals surface area contributed by atoms with E-state index in [1.54, 1.807) is 61.7 Å². The van der Waals surface area contributed by atoms with E-state index >= 15 is 0 Å². The van der Waals surface area contributed by atoms with Gasteiger partial charge < -0.3 is 9.47 Å². The molecule has 0 bridgehead atoms. The van der Waals surface area contributed by atoms with Crippen LogP contribution in [0.5, 0.6) is 11.5 Å². The lowest BCUT2D eigenvalue weighted by atomic mass is 10.0. The second-order valence-electron chi connectivity index (χ2n) is 6.91. The first-order chi connectivity index (χ1) is 15.6.